The summed E-state index contributed by atoms with van der Waals surface area (Å²) < 4.78 is 0. The Morgan fingerprint density at radius 3 is 2.42 bits per heavy atom. The summed E-state index contributed by atoms with van der Waals surface area (Å²) in [6.07, 6.45) is 0. The van der Waals surface area contributed by atoms with Crippen LogP contribution in [0.5, 0.6) is 0 Å². The van der Waals surface area contributed by atoms with Crippen LogP contribution in [-0.2, 0) is 0 Å². The minimum Gasteiger partial charge on any atom is -0.341 e. The smallest absolute Gasteiger partial charge is 0.101 e. The molecule has 2 nitrogen and oxygen atoms in total. The predicted molar refractivity (Wildman–Crippen MR) is 80.0 cm³/mol. The summed E-state index contributed by atoms with van der Waals surface area (Å²) >= 11 is 5.94. The van der Waals surface area contributed by atoms with Crippen LogP contribution < -0.4 is 4.90 Å². The first-order chi connectivity index (χ1) is 9.15. The zero-order valence-corrected chi connectivity index (χ0v) is 11.8. The molecule has 0 aliphatic heterocycles. The number of nitrogens with zero attached hydrogens (tertiary/aromatic N) is 2. The standard InChI is InChI=1S/C16H15ClN2/c1-3-19(15-7-4-12(2)5-8-15)16-9-6-14(17)10-13(16)11-18/h4-10H,3H2,1-2H3. The Labute approximate surface area is 118 Å². The molecule has 96 valence electrons. The Kier molecular flexibility index (Phi) is 4.09. The Balaban J connectivity index is 2.48. The summed E-state index contributed by atoms with van der Waals surface area (Å²) in [7, 11) is 0. The zero-order valence-electron chi connectivity index (χ0n) is 11.0. The average molecular weight is 271 g/mol. The maximum Gasteiger partial charge on any atom is 0.101 e. The largest absolute Gasteiger partial charge is 0.341 e. The fraction of sp³-hybridized carbons (Fsp3) is 0.188. The van der Waals surface area contributed by atoms with Crippen molar-refractivity contribution < 1.29 is 0 Å². The molecular weight excluding hydrogens is 256 g/mol. The van der Waals surface area contributed by atoms with Crippen LogP contribution in [0.25, 0.3) is 0 Å². The molecule has 2 aromatic carbocycles. The number of nitriles is 1. The highest BCUT2D eigenvalue weighted by atomic mass is 35.5. The number of benzene rings is 2. The lowest BCUT2D eigenvalue weighted by Crippen LogP contribution is -2.17. The maximum absolute atomic E-state index is 9.24. The summed E-state index contributed by atoms with van der Waals surface area (Å²) in [5.41, 5.74) is 3.77. The number of halogens is 1. The Hall–Kier alpha value is -1.98. The molecular formula is C16H15ClN2. The van der Waals surface area contributed by atoms with Crippen molar-refractivity contribution in [3.05, 3.63) is 58.6 Å². The Bertz CT molecular complexity index is 612. The van der Waals surface area contributed by atoms with Crippen LogP contribution in [0.15, 0.2) is 42.5 Å². The lowest BCUT2D eigenvalue weighted by molar-refractivity contribution is 1.02. The minimum absolute atomic E-state index is 0.584. The van der Waals surface area contributed by atoms with E-state index in [0.29, 0.717) is 10.6 Å². The normalized spacial score (nSPS) is 10.0. The van der Waals surface area contributed by atoms with E-state index < -0.39 is 0 Å². The maximum atomic E-state index is 9.24. The van der Waals surface area contributed by atoms with Crippen LogP contribution in [-0.4, -0.2) is 6.54 Å². The molecule has 0 atom stereocenters. The third kappa shape index (κ3) is 2.89. The van der Waals surface area contributed by atoms with Gasteiger partial charge in [0.15, 0.2) is 0 Å². The van der Waals surface area contributed by atoms with Gasteiger partial charge >= 0.3 is 0 Å². The molecule has 0 spiro atoms. The first kappa shape index (κ1) is 13.5. The lowest BCUT2D eigenvalue weighted by atomic mass is 10.1. The van der Waals surface area contributed by atoms with E-state index in [0.717, 1.165) is 17.9 Å². The van der Waals surface area contributed by atoms with Crippen LogP contribution in [0.2, 0.25) is 5.02 Å². The molecule has 0 amide bonds. The van der Waals surface area contributed by atoms with Crippen molar-refractivity contribution in [2.45, 2.75) is 13.8 Å². The van der Waals surface area contributed by atoms with E-state index in [9.17, 15) is 5.26 Å². The van der Waals surface area contributed by atoms with Crippen molar-refractivity contribution in [3.8, 4) is 6.07 Å². The number of aryl methyl sites for hydroxylation is 1. The summed E-state index contributed by atoms with van der Waals surface area (Å²) in [5, 5.41) is 9.83. The molecule has 0 aromatic heterocycles. The molecule has 2 aromatic rings. The average Bonchev–Trinajstić information content (AvgIpc) is 2.43. The molecule has 0 bridgehead atoms. The molecule has 0 radical (unpaired) electrons. The SMILES string of the molecule is CCN(c1ccc(C)cc1)c1ccc(Cl)cc1C#N. The summed E-state index contributed by atoms with van der Waals surface area (Å²) in [5.74, 6) is 0. The van der Waals surface area contributed by atoms with Crippen LogP contribution in [0.4, 0.5) is 11.4 Å². The van der Waals surface area contributed by atoms with Crippen molar-refractivity contribution in [1.29, 1.82) is 5.26 Å². The Morgan fingerprint density at radius 1 is 1.16 bits per heavy atom. The number of anilines is 2. The fourth-order valence-electron chi connectivity index (χ4n) is 2.05. The predicted octanol–water partition coefficient (Wildman–Crippen LogP) is 4.68. The van der Waals surface area contributed by atoms with E-state index in [4.69, 9.17) is 11.6 Å². The van der Waals surface area contributed by atoms with Gasteiger partial charge in [-0.25, -0.2) is 0 Å². The lowest BCUT2D eigenvalue weighted by Gasteiger charge is -2.24. The second-order valence-corrected chi connectivity index (χ2v) is 4.79. The summed E-state index contributed by atoms with van der Waals surface area (Å²) in [6, 6.07) is 15.9. The van der Waals surface area contributed by atoms with Gasteiger partial charge in [-0.3, -0.25) is 0 Å². The van der Waals surface area contributed by atoms with Gasteiger partial charge in [0.2, 0.25) is 0 Å². The zero-order chi connectivity index (χ0) is 13.8. The monoisotopic (exact) mass is 270 g/mol. The van der Waals surface area contributed by atoms with Gasteiger partial charge in [-0.15, -0.1) is 0 Å². The van der Waals surface area contributed by atoms with E-state index in [2.05, 4.69) is 49.1 Å². The number of rotatable bonds is 3. The van der Waals surface area contributed by atoms with E-state index in [-0.39, 0.29) is 0 Å². The van der Waals surface area contributed by atoms with E-state index in [1.165, 1.54) is 5.56 Å². The van der Waals surface area contributed by atoms with Gasteiger partial charge in [0, 0.05) is 17.3 Å². The molecule has 0 unspecified atom stereocenters. The molecule has 0 saturated carbocycles. The molecule has 0 aliphatic carbocycles. The van der Waals surface area contributed by atoms with E-state index in [1.807, 2.05) is 12.1 Å². The first-order valence-corrected chi connectivity index (χ1v) is 6.57. The van der Waals surface area contributed by atoms with E-state index >= 15 is 0 Å². The van der Waals surface area contributed by atoms with Gasteiger partial charge in [0.25, 0.3) is 0 Å². The molecule has 2 rings (SSSR count). The first-order valence-electron chi connectivity index (χ1n) is 6.19. The molecule has 0 N–H and O–H groups in total. The summed E-state index contributed by atoms with van der Waals surface area (Å²) in [4.78, 5) is 2.11. The van der Waals surface area contributed by atoms with Crippen LogP contribution in [0, 0.1) is 18.3 Å². The highest BCUT2D eigenvalue weighted by Gasteiger charge is 2.12. The third-order valence-electron chi connectivity index (χ3n) is 3.03. The molecule has 3 heteroatoms. The van der Waals surface area contributed by atoms with Gasteiger partial charge < -0.3 is 4.90 Å². The fourth-order valence-corrected chi connectivity index (χ4v) is 2.22. The quantitative estimate of drug-likeness (QED) is 0.810. The molecule has 0 heterocycles. The van der Waals surface area contributed by atoms with Crippen molar-refractivity contribution in [3.63, 3.8) is 0 Å². The molecule has 0 saturated heterocycles. The number of hydrogen-bond donors (Lipinski definition) is 0. The third-order valence-corrected chi connectivity index (χ3v) is 3.27. The van der Waals surface area contributed by atoms with Gasteiger partial charge in [-0.1, -0.05) is 29.3 Å². The van der Waals surface area contributed by atoms with Gasteiger partial charge in [0.1, 0.15) is 6.07 Å². The minimum atomic E-state index is 0.584. The van der Waals surface area contributed by atoms with Gasteiger partial charge in [-0.2, -0.15) is 5.26 Å². The highest BCUT2D eigenvalue weighted by Crippen LogP contribution is 2.30. The Morgan fingerprint density at radius 2 is 1.84 bits per heavy atom. The molecule has 0 fully saturated rings. The van der Waals surface area contributed by atoms with Crippen LogP contribution in [0.1, 0.15) is 18.1 Å². The highest BCUT2D eigenvalue weighted by molar-refractivity contribution is 6.30. The number of hydrogen-bond acceptors (Lipinski definition) is 2. The van der Waals surface area contributed by atoms with Crippen LogP contribution >= 0.6 is 11.6 Å². The van der Waals surface area contributed by atoms with Crippen molar-refractivity contribution in [2.75, 3.05) is 11.4 Å². The van der Waals surface area contributed by atoms with Crippen molar-refractivity contribution in [2.24, 2.45) is 0 Å². The van der Waals surface area contributed by atoms with Crippen molar-refractivity contribution in [1.82, 2.24) is 0 Å². The second kappa shape index (κ2) is 5.77. The van der Waals surface area contributed by atoms with Gasteiger partial charge in [0.05, 0.1) is 11.3 Å². The van der Waals surface area contributed by atoms with Crippen LogP contribution in [0.3, 0.4) is 0 Å². The summed E-state index contributed by atoms with van der Waals surface area (Å²) in [6.45, 7) is 4.91. The topological polar surface area (TPSA) is 27.0 Å². The molecule has 19 heavy (non-hydrogen) atoms. The van der Waals surface area contributed by atoms with Gasteiger partial charge in [-0.05, 0) is 44.2 Å². The van der Waals surface area contributed by atoms with E-state index in [1.54, 1.807) is 6.07 Å². The van der Waals surface area contributed by atoms with Crippen molar-refractivity contribution >= 4 is 23.0 Å². The molecule has 0 aliphatic rings. The second-order valence-electron chi connectivity index (χ2n) is 4.35.